The van der Waals surface area contributed by atoms with Crippen LogP contribution in [0.3, 0.4) is 0 Å². The highest BCUT2D eigenvalue weighted by Crippen LogP contribution is 2.47. The molecular weight excluding hydrogens is 625 g/mol. The molecule has 2 aliphatic heterocycles. The summed E-state index contributed by atoms with van der Waals surface area (Å²) in [6.07, 6.45) is 7.98. The minimum atomic E-state index is -0.0850. The van der Waals surface area contributed by atoms with Crippen LogP contribution in [0.1, 0.15) is 41.7 Å². The molecule has 3 heterocycles. The Kier molecular flexibility index (Phi) is 9.18. The van der Waals surface area contributed by atoms with Crippen LogP contribution in [0.2, 0.25) is 0 Å². The molecule has 0 amide bonds. The highest BCUT2D eigenvalue weighted by Gasteiger charge is 2.38. The van der Waals surface area contributed by atoms with Gasteiger partial charge in [-0.25, -0.2) is 0 Å². The van der Waals surface area contributed by atoms with Crippen molar-refractivity contribution in [2.75, 3.05) is 23.9 Å². The van der Waals surface area contributed by atoms with Crippen LogP contribution in [0.4, 0.5) is 22.7 Å². The average molecular weight is 665 g/mol. The first kappa shape index (κ1) is 33.6. The van der Waals surface area contributed by atoms with Crippen molar-refractivity contribution in [1.82, 2.24) is 15.0 Å². The number of aliphatic imine (C=N–C) groups is 2. The van der Waals surface area contributed by atoms with E-state index in [2.05, 4.69) is 117 Å². The average Bonchev–Trinajstić information content (AvgIpc) is 3.61. The third kappa shape index (κ3) is 5.86. The molecule has 240 valence electrons. The lowest BCUT2D eigenvalue weighted by molar-refractivity contribution is -0.00100. The van der Waals surface area contributed by atoms with Gasteiger partial charge in [0.15, 0.2) is 0 Å². The van der Waals surface area contributed by atoms with Crippen molar-refractivity contribution in [3.63, 3.8) is 0 Å². The van der Waals surface area contributed by atoms with Crippen LogP contribution in [-0.2, 0) is 10.8 Å². The van der Waals surface area contributed by atoms with Crippen molar-refractivity contribution in [3.05, 3.63) is 126 Å². The van der Waals surface area contributed by atoms with Gasteiger partial charge >= 0.3 is 2.85 Å². The zero-order chi connectivity index (χ0) is 31.3. The van der Waals surface area contributed by atoms with E-state index < -0.39 is 0 Å². The molecule has 9 heteroatoms. The van der Waals surface area contributed by atoms with Gasteiger partial charge < -0.3 is 34.6 Å². The molecule has 0 bridgehead atoms. The maximum Gasteiger partial charge on any atom is 1.00 e. The van der Waals surface area contributed by atoms with Crippen molar-refractivity contribution < 1.29 is 27.7 Å². The van der Waals surface area contributed by atoms with Gasteiger partial charge in [0.05, 0.1) is 17.1 Å². The van der Waals surface area contributed by atoms with Gasteiger partial charge in [0.25, 0.3) is 0 Å². The van der Waals surface area contributed by atoms with E-state index in [4.69, 9.17) is 15.1 Å². The van der Waals surface area contributed by atoms with Crippen molar-refractivity contribution in [3.8, 4) is 5.69 Å². The quantitative estimate of drug-likeness (QED) is 0.272. The van der Waals surface area contributed by atoms with Gasteiger partial charge in [-0.3, -0.25) is 9.98 Å². The lowest BCUT2D eigenvalue weighted by atomic mass is 9.84. The second-order valence-corrected chi connectivity index (χ2v) is 12.7. The molecule has 47 heavy (non-hydrogen) atoms. The Morgan fingerprint density at radius 1 is 0.596 bits per heavy atom. The van der Waals surface area contributed by atoms with E-state index >= 15 is 0 Å². The van der Waals surface area contributed by atoms with Crippen LogP contribution in [0, 0.1) is 0 Å². The summed E-state index contributed by atoms with van der Waals surface area (Å²) in [4.78, 5) is 15.6. The van der Waals surface area contributed by atoms with E-state index in [0.29, 0.717) is 0 Å². The first-order valence-electron chi connectivity index (χ1n) is 15.3. The number of para-hydroxylation sites is 2. The normalized spacial score (nSPS) is 17.8. The Bertz CT molecular complexity index is 2060. The molecule has 0 aliphatic carbocycles. The van der Waals surface area contributed by atoms with Crippen LogP contribution >= 0.6 is 0 Å². The third-order valence-corrected chi connectivity index (χ3v) is 9.24. The summed E-state index contributed by atoms with van der Waals surface area (Å²) >= 11 is 0. The number of likely N-dealkylation sites (N-methyl/N-ethyl adjacent to an activating group) is 2. The molecule has 0 atom stereocenters. The standard InChI is InChI=1S/C38H37N7.2ClH/c1-37(2)29-11-7-9-13-33(29)43(5)35(37)21-23-39-26-15-18-28(19-16-26)45-41-31-20-17-27(25-32(31)42-45)40-24-22-36-38(3,4)30-12-8-10-14-34(30)44(36)6;;/h7-25H,1-6H3;2*1H/b35-21?,36-22+,39-23?,40-24?;;. The van der Waals surface area contributed by atoms with Crippen molar-refractivity contribution in [2.24, 2.45) is 9.98 Å². The van der Waals surface area contributed by atoms with Gasteiger partial charge in [-0.05, 0) is 77.9 Å². The zero-order valence-electron chi connectivity index (χ0n) is 29.4. The molecule has 1 aromatic heterocycles. The number of hydrogen-bond donors (Lipinski definition) is 0. The van der Waals surface area contributed by atoms with Gasteiger partial charge in [-0.2, -0.15) is 4.80 Å². The van der Waals surface area contributed by atoms with Crippen LogP contribution in [0.5, 0.6) is 0 Å². The number of aromatic nitrogens is 3. The van der Waals surface area contributed by atoms with Crippen molar-refractivity contribution in [1.29, 1.82) is 0 Å². The fourth-order valence-corrected chi connectivity index (χ4v) is 6.76. The van der Waals surface area contributed by atoms with Gasteiger partial charge in [0.2, 0.25) is 0 Å². The van der Waals surface area contributed by atoms with Crippen LogP contribution in [-0.4, -0.2) is 41.5 Å². The predicted octanol–water partition coefficient (Wildman–Crippen LogP) is 2.68. The lowest BCUT2D eigenvalue weighted by Gasteiger charge is -2.23. The fourth-order valence-electron chi connectivity index (χ4n) is 6.76. The second kappa shape index (κ2) is 12.8. The number of rotatable bonds is 5. The van der Waals surface area contributed by atoms with Gasteiger partial charge in [-0.15, -0.1) is 10.2 Å². The van der Waals surface area contributed by atoms with Gasteiger partial charge in [0, 0.05) is 60.1 Å². The summed E-state index contributed by atoms with van der Waals surface area (Å²) in [7, 11) is 4.23. The van der Waals surface area contributed by atoms with E-state index in [1.807, 2.05) is 54.9 Å². The largest absolute Gasteiger partial charge is 1.00 e. The molecule has 7 nitrogen and oxygen atoms in total. The maximum absolute atomic E-state index is 4.73. The van der Waals surface area contributed by atoms with Gasteiger partial charge in [-0.1, -0.05) is 64.1 Å². The molecule has 2 aliphatic rings. The molecule has 0 spiro atoms. The molecule has 5 aromatic rings. The number of benzene rings is 4. The summed E-state index contributed by atoms with van der Waals surface area (Å²) < 4.78 is 0. The van der Waals surface area contributed by atoms with Gasteiger partial charge in [0.1, 0.15) is 11.0 Å². The number of fused-ring (bicyclic) bond motifs is 3. The minimum absolute atomic E-state index is 0. The number of allylic oxidation sites excluding steroid dienone is 4. The summed E-state index contributed by atoms with van der Waals surface area (Å²) in [6.45, 7) is 9.02. The Balaban J connectivity index is 0.00000163. The molecule has 0 radical (unpaired) electrons. The predicted molar refractivity (Wildman–Crippen MR) is 189 cm³/mol. The van der Waals surface area contributed by atoms with E-state index in [0.717, 1.165) is 28.1 Å². The summed E-state index contributed by atoms with van der Waals surface area (Å²) in [5.41, 5.74) is 11.6. The number of anilines is 2. The van der Waals surface area contributed by atoms with Crippen molar-refractivity contribution in [2.45, 2.75) is 38.5 Å². The number of hydrogen-bond acceptors (Lipinski definition) is 6. The second-order valence-electron chi connectivity index (χ2n) is 12.7. The number of nitrogens with zero attached hydrogens (tertiary/aromatic N) is 7. The minimum Gasteiger partial charge on any atom is -1.00 e. The van der Waals surface area contributed by atoms with Crippen molar-refractivity contribution >= 4 is 46.2 Å². The van der Waals surface area contributed by atoms with E-state index in [1.54, 1.807) is 4.80 Å². The summed E-state index contributed by atoms with van der Waals surface area (Å²) in [5, 5.41) is 9.42. The first-order chi connectivity index (χ1) is 21.6. The first-order valence-corrected chi connectivity index (χ1v) is 15.3. The molecule has 4 aromatic carbocycles. The molecule has 0 saturated carbocycles. The monoisotopic (exact) mass is 663 g/mol. The van der Waals surface area contributed by atoms with E-state index in [9.17, 15) is 0 Å². The molecular formula is C38H39Cl2N7. The zero-order valence-corrected chi connectivity index (χ0v) is 28.9. The summed E-state index contributed by atoms with van der Waals surface area (Å²) in [6, 6.07) is 31.0. The molecule has 0 saturated heterocycles. The lowest BCUT2D eigenvalue weighted by Crippen LogP contribution is -3.00. The smallest absolute Gasteiger partial charge is 1.00 e. The Morgan fingerprint density at radius 3 is 1.60 bits per heavy atom. The Labute approximate surface area is 291 Å². The fraction of sp³-hybridized carbons (Fsp3) is 0.211. The maximum atomic E-state index is 4.73. The molecule has 0 N–H and O–H groups in total. The molecule has 0 fully saturated rings. The molecule has 0 unspecified atom stereocenters. The number of halogens is 2. The van der Waals surface area contributed by atoms with Crippen LogP contribution in [0.25, 0.3) is 16.7 Å². The van der Waals surface area contributed by atoms with E-state index in [-0.39, 0.29) is 38.5 Å². The highest BCUT2D eigenvalue weighted by atomic mass is 35.5. The molecule has 7 rings (SSSR count). The topological polar surface area (TPSA) is 61.9 Å². The SMILES string of the molecule is CN1C(=CC=Nc2ccc(-n3nc4ccc(N=C/C=C5/N(C)c6ccccc6C5(C)C)cc4n3)cc2)C(C)(C)c2ccccc21.[Cl-].[Cl-].[H+].[H+]. The third-order valence-electron chi connectivity index (χ3n) is 9.24. The Hall–Kier alpha value is -4.72. The Morgan fingerprint density at radius 2 is 1.06 bits per heavy atom. The van der Waals surface area contributed by atoms with E-state index in [1.165, 1.54) is 33.9 Å². The summed E-state index contributed by atoms with van der Waals surface area (Å²) in [5.74, 6) is 0. The highest BCUT2D eigenvalue weighted by molar-refractivity contribution is 5.84. The van der Waals surface area contributed by atoms with Crippen LogP contribution < -0.4 is 34.6 Å². The van der Waals surface area contributed by atoms with Crippen LogP contribution in [0.15, 0.2) is 125 Å².